The Labute approximate surface area is 152 Å². The third kappa shape index (κ3) is 9.44. The third-order valence-corrected chi connectivity index (χ3v) is 5.59. The van der Waals surface area contributed by atoms with Crippen molar-refractivity contribution in [3.63, 3.8) is 0 Å². The van der Waals surface area contributed by atoms with Crippen molar-refractivity contribution in [1.29, 1.82) is 0 Å². The number of hydrogen-bond donors (Lipinski definition) is 1. The Bertz CT molecular complexity index is 459. The van der Waals surface area contributed by atoms with Gasteiger partial charge in [-0.1, -0.05) is 101 Å². The monoisotopic (exact) mass is 345 g/mol. The first-order chi connectivity index (χ1) is 11.5. The highest BCUT2D eigenvalue weighted by Gasteiger charge is 2.17. The summed E-state index contributed by atoms with van der Waals surface area (Å²) in [6, 6.07) is 11.4. The first-order valence-corrected chi connectivity index (χ1v) is 13.5. The Kier molecular flexibility index (Phi) is 10.3. The molecule has 1 nitrogen and oxygen atoms in total. The second-order valence-corrected chi connectivity index (χ2v) is 13.1. The van der Waals surface area contributed by atoms with E-state index in [4.69, 9.17) is 0 Å². The molecule has 0 amide bonds. The lowest BCUT2D eigenvalue weighted by Gasteiger charge is -2.25. The molecule has 0 fully saturated rings. The SMILES string of the molecule is CCCCCC/C(=C/[Si](C)(C)C)C(CCC)NCc1ccccc1. The molecule has 1 atom stereocenters. The van der Waals surface area contributed by atoms with Crippen LogP contribution in [0.1, 0.15) is 64.4 Å². The van der Waals surface area contributed by atoms with Crippen LogP contribution in [0.5, 0.6) is 0 Å². The fourth-order valence-electron chi connectivity index (χ4n) is 3.20. The molecule has 0 aliphatic carbocycles. The Hall–Kier alpha value is -0.863. The van der Waals surface area contributed by atoms with Crippen molar-refractivity contribution in [1.82, 2.24) is 5.32 Å². The van der Waals surface area contributed by atoms with Crippen molar-refractivity contribution in [3.05, 3.63) is 47.2 Å². The van der Waals surface area contributed by atoms with E-state index in [2.05, 4.69) is 74.8 Å². The molecule has 0 spiro atoms. The van der Waals surface area contributed by atoms with Crippen LogP contribution >= 0.6 is 0 Å². The summed E-state index contributed by atoms with van der Waals surface area (Å²) in [5, 5.41) is 3.85. The minimum Gasteiger partial charge on any atom is -0.306 e. The molecule has 1 N–H and O–H groups in total. The maximum atomic E-state index is 3.85. The van der Waals surface area contributed by atoms with Crippen molar-refractivity contribution in [2.45, 2.75) is 91.0 Å². The van der Waals surface area contributed by atoms with Crippen molar-refractivity contribution >= 4 is 8.07 Å². The summed E-state index contributed by atoms with van der Waals surface area (Å²) in [4.78, 5) is 0. The summed E-state index contributed by atoms with van der Waals surface area (Å²) in [7, 11) is -1.19. The largest absolute Gasteiger partial charge is 0.306 e. The molecule has 0 saturated carbocycles. The topological polar surface area (TPSA) is 12.0 Å². The van der Waals surface area contributed by atoms with Gasteiger partial charge in [0.15, 0.2) is 0 Å². The number of unbranched alkanes of at least 4 members (excludes halogenated alkanes) is 3. The molecule has 0 aliphatic heterocycles. The zero-order valence-electron chi connectivity index (χ0n) is 16.7. The third-order valence-electron chi connectivity index (χ3n) is 4.36. The van der Waals surface area contributed by atoms with E-state index in [9.17, 15) is 0 Å². The minimum absolute atomic E-state index is 0.545. The smallest absolute Gasteiger partial charge is 0.0687 e. The van der Waals surface area contributed by atoms with E-state index in [1.54, 1.807) is 5.57 Å². The molecule has 1 unspecified atom stereocenters. The van der Waals surface area contributed by atoms with Gasteiger partial charge in [-0.15, -0.1) is 0 Å². The Morgan fingerprint density at radius 1 is 1.00 bits per heavy atom. The molecule has 136 valence electrons. The number of hydrogen-bond acceptors (Lipinski definition) is 1. The first kappa shape index (κ1) is 21.2. The summed E-state index contributed by atoms with van der Waals surface area (Å²) in [6.07, 6.45) is 9.17. The van der Waals surface area contributed by atoms with Gasteiger partial charge in [0.25, 0.3) is 0 Å². The second kappa shape index (κ2) is 11.6. The van der Waals surface area contributed by atoms with Gasteiger partial charge < -0.3 is 5.32 Å². The highest BCUT2D eigenvalue weighted by molar-refractivity contribution is 6.81. The normalized spacial score (nSPS) is 14.0. The summed E-state index contributed by atoms with van der Waals surface area (Å²) in [6.45, 7) is 12.9. The predicted octanol–water partition coefficient (Wildman–Crippen LogP) is 6.72. The molecular weight excluding hydrogens is 306 g/mol. The molecule has 1 aromatic carbocycles. The van der Waals surface area contributed by atoms with Crippen LogP contribution in [0.25, 0.3) is 0 Å². The lowest BCUT2D eigenvalue weighted by molar-refractivity contribution is 0.506. The van der Waals surface area contributed by atoms with Gasteiger partial charge in [0.1, 0.15) is 0 Å². The zero-order chi connectivity index (χ0) is 17.8. The van der Waals surface area contributed by atoms with Crippen LogP contribution in [-0.4, -0.2) is 14.1 Å². The Morgan fingerprint density at radius 3 is 2.29 bits per heavy atom. The zero-order valence-corrected chi connectivity index (χ0v) is 17.7. The van der Waals surface area contributed by atoms with Crippen molar-refractivity contribution in [2.75, 3.05) is 0 Å². The second-order valence-electron chi connectivity index (χ2n) is 8.10. The van der Waals surface area contributed by atoms with E-state index in [0.29, 0.717) is 6.04 Å². The molecule has 0 aromatic heterocycles. The number of rotatable bonds is 12. The molecule has 0 heterocycles. The Balaban J connectivity index is 2.76. The van der Waals surface area contributed by atoms with Crippen LogP contribution < -0.4 is 5.32 Å². The summed E-state index contributed by atoms with van der Waals surface area (Å²) < 4.78 is 0. The maximum Gasteiger partial charge on any atom is 0.0687 e. The van der Waals surface area contributed by atoms with E-state index in [1.165, 1.54) is 50.5 Å². The van der Waals surface area contributed by atoms with E-state index in [-0.39, 0.29) is 0 Å². The van der Waals surface area contributed by atoms with E-state index < -0.39 is 8.07 Å². The van der Waals surface area contributed by atoms with Crippen LogP contribution in [0.4, 0.5) is 0 Å². The van der Waals surface area contributed by atoms with Gasteiger partial charge in [0.2, 0.25) is 0 Å². The minimum atomic E-state index is -1.19. The van der Waals surface area contributed by atoms with Gasteiger partial charge in [0.05, 0.1) is 8.07 Å². The average molecular weight is 346 g/mol. The summed E-state index contributed by atoms with van der Waals surface area (Å²) in [5.74, 6) is 0. The number of nitrogens with one attached hydrogen (secondary N) is 1. The van der Waals surface area contributed by atoms with Crippen LogP contribution in [0.15, 0.2) is 41.6 Å². The van der Waals surface area contributed by atoms with Crippen LogP contribution in [0, 0.1) is 0 Å². The van der Waals surface area contributed by atoms with Gasteiger partial charge in [-0.3, -0.25) is 0 Å². The van der Waals surface area contributed by atoms with Crippen molar-refractivity contribution < 1.29 is 0 Å². The van der Waals surface area contributed by atoms with E-state index >= 15 is 0 Å². The summed E-state index contributed by atoms with van der Waals surface area (Å²) >= 11 is 0. The molecule has 1 rings (SSSR count). The van der Waals surface area contributed by atoms with E-state index in [0.717, 1.165) is 6.54 Å². The fraction of sp³-hybridized carbons (Fsp3) is 0.636. The molecule has 0 saturated heterocycles. The average Bonchev–Trinajstić information content (AvgIpc) is 2.54. The molecular formula is C22H39NSi. The maximum absolute atomic E-state index is 3.85. The van der Waals surface area contributed by atoms with Gasteiger partial charge >= 0.3 is 0 Å². The first-order valence-electron chi connectivity index (χ1n) is 9.95. The molecule has 1 aromatic rings. The highest BCUT2D eigenvalue weighted by Crippen LogP contribution is 2.21. The standard InChI is InChI=1S/C22H39NSi/c1-6-8-9-13-17-21(19-24(3,4)5)22(14-7-2)23-18-20-15-11-10-12-16-20/h10-12,15-16,19,22-23H,6-9,13-14,17-18H2,1-5H3/b21-19-. The quantitative estimate of drug-likeness (QED) is 0.327. The van der Waals surface area contributed by atoms with E-state index in [1.807, 2.05) is 0 Å². The molecule has 24 heavy (non-hydrogen) atoms. The van der Waals surface area contributed by atoms with Gasteiger partial charge in [-0.2, -0.15) is 0 Å². The van der Waals surface area contributed by atoms with Crippen LogP contribution in [0.2, 0.25) is 19.6 Å². The molecule has 0 bridgehead atoms. The molecule has 2 heteroatoms. The van der Waals surface area contributed by atoms with Crippen LogP contribution in [-0.2, 0) is 6.54 Å². The highest BCUT2D eigenvalue weighted by atomic mass is 28.3. The number of benzene rings is 1. The fourth-order valence-corrected chi connectivity index (χ4v) is 4.66. The lowest BCUT2D eigenvalue weighted by atomic mass is 9.97. The van der Waals surface area contributed by atoms with Crippen molar-refractivity contribution in [3.8, 4) is 0 Å². The van der Waals surface area contributed by atoms with Gasteiger partial charge in [-0.05, 0) is 24.8 Å². The Morgan fingerprint density at radius 2 is 1.71 bits per heavy atom. The molecule has 0 aliphatic rings. The van der Waals surface area contributed by atoms with Gasteiger partial charge in [-0.25, -0.2) is 0 Å². The van der Waals surface area contributed by atoms with Crippen LogP contribution in [0.3, 0.4) is 0 Å². The summed E-state index contributed by atoms with van der Waals surface area (Å²) in [5.41, 5.74) is 5.73. The molecule has 0 radical (unpaired) electrons. The lowest BCUT2D eigenvalue weighted by Crippen LogP contribution is -2.32. The predicted molar refractivity (Wildman–Crippen MR) is 112 cm³/mol. The van der Waals surface area contributed by atoms with Gasteiger partial charge in [0, 0.05) is 12.6 Å². The van der Waals surface area contributed by atoms with Crippen molar-refractivity contribution in [2.24, 2.45) is 0 Å².